The summed E-state index contributed by atoms with van der Waals surface area (Å²) in [6.07, 6.45) is -3.06. The largest absolute Gasteiger partial charge is 0.497 e. The van der Waals surface area contributed by atoms with E-state index < -0.39 is 30.6 Å². The molecule has 1 saturated carbocycles. The van der Waals surface area contributed by atoms with Crippen molar-refractivity contribution in [1.82, 2.24) is 14.7 Å². The number of urea groups is 1. The summed E-state index contributed by atoms with van der Waals surface area (Å²) in [4.78, 5) is 38.3. The fraction of sp³-hybridized carbons (Fsp3) is 0.471. The number of benzene rings is 1. The van der Waals surface area contributed by atoms with Gasteiger partial charge < -0.3 is 4.74 Å². The third kappa shape index (κ3) is 4.38. The fourth-order valence-corrected chi connectivity index (χ4v) is 2.88. The molecule has 0 spiro atoms. The van der Waals surface area contributed by atoms with Crippen molar-refractivity contribution in [3.63, 3.8) is 0 Å². The first-order chi connectivity index (χ1) is 12.7. The molecule has 2 aliphatic rings. The number of carbonyl (C=O) groups excluding carboxylic acids is 3. The van der Waals surface area contributed by atoms with Crippen LogP contribution < -0.4 is 4.74 Å². The number of imide groups is 2. The van der Waals surface area contributed by atoms with Crippen LogP contribution in [0.15, 0.2) is 24.3 Å². The molecular weight excluding hydrogens is 367 g/mol. The molecule has 1 aromatic rings. The van der Waals surface area contributed by atoms with Crippen LogP contribution in [0.2, 0.25) is 0 Å². The predicted octanol–water partition coefficient (Wildman–Crippen LogP) is 1.97. The molecular formula is C17H18F3N3O4. The minimum absolute atomic E-state index is 0.0548. The van der Waals surface area contributed by atoms with Gasteiger partial charge in [-0.25, -0.2) is 14.6 Å². The van der Waals surface area contributed by atoms with Crippen LogP contribution in [0, 0.1) is 0 Å². The highest BCUT2D eigenvalue weighted by molar-refractivity contribution is 6.44. The topological polar surface area (TPSA) is 70.2 Å². The van der Waals surface area contributed by atoms with E-state index >= 15 is 0 Å². The second-order valence-corrected chi connectivity index (χ2v) is 6.49. The first-order valence-electron chi connectivity index (χ1n) is 8.30. The second kappa shape index (κ2) is 7.18. The lowest BCUT2D eigenvalue weighted by molar-refractivity contribution is -0.156. The molecule has 0 aromatic heterocycles. The highest BCUT2D eigenvalue weighted by Crippen LogP contribution is 2.30. The van der Waals surface area contributed by atoms with Crippen LogP contribution >= 0.6 is 0 Å². The summed E-state index contributed by atoms with van der Waals surface area (Å²) in [6, 6.07) is 6.05. The number of nitrogens with zero attached hydrogens (tertiary/aromatic N) is 3. The first-order valence-corrected chi connectivity index (χ1v) is 8.30. The smallest absolute Gasteiger partial charge is 0.406 e. The maximum absolute atomic E-state index is 12.6. The Kier molecular flexibility index (Phi) is 5.09. The molecule has 1 aromatic carbocycles. The maximum atomic E-state index is 12.6. The van der Waals surface area contributed by atoms with Gasteiger partial charge in [0.15, 0.2) is 0 Å². The van der Waals surface area contributed by atoms with Gasteiger partial charge in [-0.2, -0.15) is 13.2 Å². The van der Waals surface area contributed by atoms with E-state index in [2.05, 4.69) is 0 Å². The molecule has 1 saturated heterocycles. The lowest BCUT2D eigenvalue weighted by Gasteiger charge is -2.26. The van der Waals surface area contributed by atoms with Gasteiger partial charge in [-0.3, -0.25) is 14.5 Å². The van der Waals surface area contributed by atoms with E-state index in [1.54, 1.807) is 19.2 Å². The van der Waals surface area contributed by atoms with Crippen LogP contribution in [-0.2, 0) is 16.1 Å². The van der Waals surface area contributed by atoms with E-state index in [-0.39, 0.29) is 17.6 Å². The van der Waals surface area contributed by atoms with E-state index in [0.717, 1.165) is 18.4 Å². The summed E-state index contributed by atoms with van der Waals surface area (Å²) < 4.78 is 42.8. The highest BCUT2D eigenvalue weighted by atomic mass is 19.4. The fourth-order valence-electron chi connectivity index (χ4n) is 2.88. The molecule has 0 unspecified atom stereocenters. The zero-order chi connectivity index (χ0) is 19.8. The average molecular weight is 385 g/mol. The van der Waals surface area contributed by atoms with Crippen molar-refractivity contribution >= 4 is 17.8 Å². The SMILES string of the molecule is COc1ccc(CN(CN2C(=O)C(=O)N(CC(F)(F)F)C2=O)C2CC2)cc1. The van der Waals surface area contributed by atoms with Crippen molar-refractivity contribution in [1.29, 1.82) is 0 Å². The van der Waals surface area contributed by atoms with E-state index in [0.29, 0.717) is 17.2 Å². The van der Waals surface area contributed by atoms with E-state index in [9.17, 15) is 27.6 Å². The van der Waals surface area contributed by atoms with Gasteiger partial charge in [-0.1, -0.05) is 12.1 Å². The molecule has 1 aliphatic carbocycles. The molecule has 0 radical (unpaired) electrons. The summed E-state index contributed by atoms with van der Waals surface area (Å²) >= 11 is 0. The average Bonchev–Trinajstić information content (AvgIpc) is 3.43. The lowest BCUT2D eigenvalue weighted by Crippen LogP contribution is -2.44. The molecule has 7 nitrogen and oxygen atoms in total. The van der Waals surface area contributed by atoms with E-state index in [1.807, 2.05) is 17.0 Å². The number of amides is 4. The van der Waals surface area contributed by atoms with Gasteiger partial charge in [0.2, 0.25) is 0 Å². The van der Waals surface area contributed by atoms with Crippen molar-refractivity contribution < 1.29 is 32.3 Å². The number of carbonyl (C=O) groups is 3. The molecule has 2 fully saturated rings. The number of hydrogen-bond donors (Lipinski definition) is 0. The molecule has 3 rings (SSSR count). The maximum Gasteiger partial charge on any atom is 0.406 e. The van der Waals surface area contributed by atoms with Gasteiger partial charge in [0, 0.05) is 12.6 Å². The Morgan fingerprint density at radius 2 is 1.67 bits per heavy atom. The number of hydrogen-bond acceptors (Lipinski definition) is 5. The molecule has 1 heterocycles. The van der Waals surface area contributed by atoms with Crippen molar-refractivity contribution in [3.05, 3.63) is 29.8 Å². The van der Waals surface area contributed by atoms with E-state index in [4.69, 9.17) is 4.74 Å². The Morgan fingerprint density at radius 3 is 2.19 bits per heavy atom. The van der Waals surface area contributed by atoms with Crippen molar-refractivity contribution in [2.75, 3.05) is 20.3 Å². The van der Waals surface area contributed by atoms with Gasteiger partial charge in [0.1, 0.15) is 12.3 Å². The Morgan fingerprint density at radius 1 is 1.07 bits per heavy atom. The minimum atomic E-state index is -4.76. The normalized spacial score (nSPS) is 18.0. The Hall–Kier alpha value is -2.62. The Bertz CT molecular complexity index is 747. The Labute approximate surface area is 153 Å². The quantitative estimate of drug-likeness (QED) is 0.530. The van der Waals surface area contributed by atoms with Gasteiger partial charge in [-0.15, -0.1) is 0 Å². The zero-order valence-corrected chi connectivity index (χ0v) is 14.5. The van der Waals surface area contributed by atoms with Crippen LogP contribution in [-0.4, -0.2) is 65.1 Å². The molecule has 0 atom stereocenters. The van der Waals surface area contributed by atoms with Crippen LogP contribution in [0.3, 0.4) is 0 Å². The lowest BCUT2D eigenvalue weighted by atomic mass is 10.2. The number of rotatable bonds is 7. The number of methoxy groups -OCH3 is 1. The third-order valence-electron chi connectivity index (χ3n) is 4.40. The Balaban J connectivity index is 1.71. The first kappa shape index (κ1) is 19.2. The molecule has 27 heavy (non-hydrogen) atoms. The zero-order valence-electron chi connectivity index (χ0n) is 14.5. The van der Waals surface area contributed by atoms with Crippen LogP contribution in [0.1, 0.15) is 18.4 Å². The number of alkyl halides is 3. The molecule has 4 amide bonds. The molecule has 146 valence electrons. The minimum Gasteiger partial charge on any atom is -0.497 e. The summed E-state index contributed by atoms with van der Waals surface area (Å²) in [7, 11) is 1.54. The summed E-state index contributed by atoms with van der Waals surface area (Å²) in [5, 5.41) is 0. The van der Waals surface area contributed by atoms with Gasteiger partial charge in [0.25, 0.3) is 0 Å². The molecule has 0 bridgehead atoms. The van der Waals surface area contributed by atoms with Crippen LogP contribution in [0.25, 0.3) is 0 Å². The monoisotopic (exact) mass is 385 g/mol. The standard InChI is InChI=1S/C17H18F3N3O4/c1-27-13-6-2-11(3-7-13)8-21(12-4-5-12)10-23-15(25)14(24)22(16(23)26)9-17(18,19)20/h2-3,6-7,12H,4-5,8-10H2,1H3. The molecule has 0 N–H and O–H groups in total. The second-order valence-electron chi connectivity index (χ2n) is 6.49. The summed E-state index contributed by atoms with van der Waals surface area (Å²) in [6.45, 7) is -1.61. The summed E-state index contributed by atoms with van der Waals surface area (Å²) in [5.74, 6) is -2.00. The molecule has 10 heteroatoms. The van der Waals surface area contributed by atoms with Crippen molar-refractivity contribution in [3.8, 4) is 5.75 Å². The summed E-state index contributed by atoms with van der Waals surface area (Å²) in [5.41, 5.74) is 0.889. The number of ether oxygens (including phenoxy) is 1. The van der Waals surface area contributed by atoms with Gasteiger partial charge >= 0.3 is 24.0 Å². The third-order valence-corrected chi connectivity index (χ3v) is 4.40. The predicted molar refractivity (Wildman–Crippen MR) is 86.4 cm³/mol. The molecule has 1 aliphatic heterocycles. The van der Waals surface area contributed by atoms with Gasteiger partial charge in [0.05, 0.1) is 13.8 Å². The van der Waals surface area contributed by atoms with Gasteiger partial charge in [-0.05, 0) is 30.5 Å². The highest BCUT2D eigenvalue weighted by Gasteiger charge is 2.49. The van der Waals surface area contributed by atoms with Crippen LogP contribution in [0.4, 0.5) is 18.0 Å². The van der Waals surface area contributed by atoms with Crippen molar-refractivity contribution in [2.24, 2.45) is 0 Å². The van der Waals surface area contributed by atoms with E-state index in [1.165, 1.54) is 0 Å². The van der Waals surface area contributed by atoms with Crippen LogP contribution in [0.5, 0.6) is 5.75 Å². The number of halogens is 3. The van der Waals surface area contributed by atoms with Crippen molar-refractivity contribution in [2.45, 2.75) is 31.6 Å².